The first kappa shape index (κ1) is 29.9. The topological polar surface area (TPSA) is 51.4 Å². The number of hydrogen-bond donors (Lipinski definition) is 1. The molecule has 5 heteroatoms. The lowest BCUT2D eigenvalue weighted by molar-refractivity contribution is 0.794. The van der Waals surface area contributed by atoms with E-state index in [-0.39, 0.29) is 0 Å². The third kappa shape index (κ3) is 3.65. The summed E-state index contributed by atoms with van der Waals surface area (Å²) in [6, 6.07) is 58.0. The monoisotopic (exact) mass is 713 g/mol. The Kier molecular flexibility index (Phi) is 5.77. The number of aromatic amines is 1. The lowest BCUT2D eigenvalue weighted by Crippen LogP contribution is -2.25. The van der Waals surface area contributed by atoms with Crippen LogP contribution in [0.15, 0.2) is 183 Å². The molecular weight excluding hydrogens is 683 g/mol. The van der Waals surface area contributed by atoms with Gasteiger partial charge in [-0.25, -0.2) is 0 Å². The average Bonchev–Trinajstić information content (AvgIpc) is 4.07. The third-order valence-corrected chi connectivity index (χ3v) is 12.5. The van der Waals surface area contributed by atoms with Gasteiger partial charge in [-0.05, 0) is 110 Å². The smallest absolute Gasteiger partial charge is 0.123 e. The van der Waals surface area contributed by atoms with Gasteiger partial charge in [-0.3, -0.25) is 14.5 Å². The fourth-order valence-electron chi connectivity index (χ4n) is 10.3. The molecule has 5 aromatic heterocycles. The van der Waals surface area contributed by atoms with Crippen molar-refractivity contribution in [1.29, 1.82) is 0 Å². The maximum absolute atomic E-state index is 5.11. The van der Waals surface area contributed by atoms with Gasteiger partial charge < -0.3 is 9.55 Å². The highest BCUT2D eigenvalue weighted by atomic mass is 15.1. The van der Waals surface area contributed by atoms with Gasteiger partial charge in [0.15, 0.2) is 0 Å². The van der Waals surface area contributed by atoms with Crippen LogP contribution in [0.1, 0.15) is 22.3 Å². The molecule has 13 rings (SSSR count). The van der Waals surface area contributed by atoms with Gasteiger partial charge in [-0.1, -0.05) is 103 Å². The van der Waals surface area contributed by atoms with Crippen LogP contribution in [0.2, 0.25) is 0 Å². The van der Waals surface area contributed by atoms with Crippen molar-refractivity contribution in [3.63, 3.8) is 0 Å². The van der Waals surface area contributed by atoms with E-state index in [9.17, 15) is 0 Å². The van der Waals surface area contributed by atoms with Crippen LogP contribution in [0.5, 0.6) is 0 Å². The van der Waals surface area contributed by atoms with E-state index in [1.807, 2.05) is 24.8 Å². The highest BCUT2D eigenvalue weighted by Gasteiger charge is 2.52. The zero-order valence-corrected chi connectivity index (χ0v) is 30.1. The maximum atomic E-state index is 5.11. The van der Waals surface area contributed by atoms with E-state index in [0.717, 1.165) is 39.1 Å². The maximum Gasteiger partial charge on any atom is 0.123 e. The molecule has 0 saturated carbocycles. The first-order valence-corrected chi connectivity index (χ1v) is 19.2. The van der Waals surface area contributed by atoms with Gasteiger partial charge in [0.2, 0.25) is 0 Å². The van der Waals surface area contributed by atoms with E-state index < -0.39 is 5.41 Å². The van der Waals surface area contributed by atoms with Crippen LogP contribution in [0.25, 0.3) is 88.6 Å². The van der Waals surface area contributed by atoms with Crippen molar-refractivity contribution in [3.05, 3.63) is 205 Å². The summed E-state index contributed by atoms with van der Waals surface area (Å²) in [6.45, 7) is 0. The Labute approximate surface area is 321 Å². The van der Waals surface area contributed by atoms with Gasteiger partial charge in [0.05, 0.1) is 33.7 Å². The Bertz CT molecular complexity index is 3370. The number of benzene rings is 6. The molecule has 0 bridgehead atoms. The number of aromatic nitrogens is 5. The second-order valence-corrected chi connectivity index (χ2v) is 15.0. The first-order chi connectivity index (χ1) is 27.8. The van der Waals surface area contributed by atoms with Crippen LogP contribution in [-0.2, 0) is 5.41 Å². The summed E-state index contributed by atoms with van der Waals surface area (Å²) in [4.78, 5) is 13.0. The van der Waals surface area contributed by atoms with Crippen molar-refractivity contribution < 1.29 is 0 Å². The SMILES string of the molecule is c1ccc2c(c1)-c1ccccc1C21c2ccccc2-c2c1ccc1c2c2ncccc2n1-c1ccc(-c2ccc(-n3c4cnccc4c4cc[nH]c43)cc2)cc1. The molecule has 5 nitrogen and oxygen atoms in total. The van der Waals surface area contributed by atoms with Crippen molar-refractivity contribution in [2.75, 3.05) is 0 Å². The summed E-state index contributed by atoms with van der Waals surface area (Å²) in [7, 11) is 0. The molecule has 1 N–H and O–H groups in total. The van der Waals surface area contributed by atoms with Crippen LogP contribution in [0, 0.1) is 0 Å². The Morgan fingerprint density at radius 1 is 0.464 bits per heavy atom. The summed E-state index contributed by atoms with van der Waals surface area (Å²) in [5.74, 6) is 0. The summed E-state index contributed by atoms with van der Waals surface area (Å²) in [5.41, 5.74) is 20.1. The zero-order chi connectivity index (χ0) is 36.5. The van der Waals surface area contributed by atoms with E-state index in [1.165, 1.54) is 71.8 Å². The third-order valence-electron chi connectivity index (χ3n) is 12.5. The van der Waals surface area contributed by atoms with Crippen molar-refractivity contribution in [2.45, 2.75) is 5.41 Å². The molecule has 0 unspecified atom stereocenters. The molecule has 0 saturated heterocycles. The Hall–Kier alpha value is -7.50. The molecule has 2 aliphatic rings. The second kappa shape index (κ2) is 10.8. The molecule has 56 heavy (non-hydrogen) atoms. The van der Waals surface area contributed by atoms with Gasteiger partial charge in [0.25, 0.3) is 0 Å². The summed E-state index contributed by atoms with van der Waals surface area (Å²) < 4.78 is 4.64. The summed E-state index contributed by atoms with van der Waals surface area (Å²) in [5, 5.41) is 3.59. The molecule has 0 atom stereocenters. The largest absolute Gasteiger partial charge is 0.347 e. The number of rotatable bonds is 3. The van der Waals surface area contributed by atoms with Crippen molar-refractivity contribution >= 4 is 43.9 Å². The fraction of sp³-hybridized carbons (Fsp3) is 0.0196. The first-order valence-electron chi connectivity index (χ1n) is 19.2. The van der Waals surface area contributed by atoms with Gasteiger partial charge in [-0.2, -0.15) is 0 Å². The molecule has 0 amide bonds. The van der Waals surface area contributed by atoms with Crippen molar-refractivity contribution in [1.82, 2.24) is 24.1 Å². The van der Waals surface area contributed by atoms with Crippen molar-refractivity contribution in [2.24, 2.45) is 0 Å². The highest BCUT2D eigenvalue weighted by Crippen LogP contribution is 2.64. The number of hydrogen-bond acceptors (Lipinski definition) is 2. The van der Waals surface area contributed by atoms with E-state index in [1.54, 1.807) is 0 Å². The van der Waals surface area contributed by atoms with Gasteiger partial charge in [0, 0.05) is 46.1 Å². The van der Waals surface area contributed by atoms with Crippen LogP contribution in [-0.4, -0.2) is 24.1 Å². The van der Waals surface area contributed by atoms with E-state index in [4.69, 9.17) is 4.98 Å². The minimum Gasteiger partial charge on any atom is -0.347 e. The Morgan fingerprint density at radius 2 is 1.11 bits per heavy atom. The number of pyridine rings is 2. The standard InChI is InChI=1S/C51H31N5/c1-4-11-40-35(8-1)36-9-2-5-12-41(36)51(40)42-13-6-3-10-39(42)47-43(51)23-24-44-48(47)49-45(14-7-27-53-49)55(44)33-19-15-31(16-20-33)32-17-21-34(22-18-32)56-46-30-52-28-25-37(46)38-26-29-54-50(38)56/h1-30,54H. The molecule has 0 fully saturated rings. The lowest BCUT2D eigenvalue weighted by Gasteiger charge is -2.30. The van der Waals surface area contributed by atoms with Crippen LogP contribution in [0.4, 0.5) is 0 Å². The minimum atomic E-state index is -0.396. The normalized spacial score (nSPS) is 13.5. The predicted octanol–water partition coefficient (Wildman–Crippen LogP) is 12.0. The molecule has 2 aliphatic carbocycles. The molecular formula is C51H31N5. The molecule has 6 aromatic carbocycles. The van der Waals surface area contributed by atoms with Gasteiger partial charge in [0.1, 0.15) is 5.65 Å². The van der Waals surface area contributed by atoms with E-state index in [0.29, 0.717) is 0 Å². The second-order valence-electron chi connectivity index (χ2n) is 15.0. The summed E-state index contributed by atoms with van der Waals surface area (Å²) >= 11 is 0. The highest BCUT2D eigenvalue weighted by molar-refractivity contribution is 6.17. The number of H-pyrrole nitrogens is 1. The van der Waals surface area contributed by atoms with Crippen LogP contribution in [0.3, 0.4) is 0 Å². The molecule has 0 radical (unpaired) electrons. The molecule has 0 aliphatic heterocycles. The number of nitrogens with zero attached hydrogens (tertiary/aromatic N) is 4. The molecule has 1 spiro atoms. The van der Waals surface area contributed by atoms with Gasteiger partial charge >= 0.3 is 0 Å². The average molecular weight is 714 g/mol. The molecule has 11 aromatic rings. The Balaban J connectivity index is 0.967. The molecule has 260 valence electrons. The fourth-order valence-corrected chi connectivity index (χ4v) is 10.3. The minimum absolute atomic E-state index is 0.396. The lowest BCUT2D eigenvalue weighted by atomic mass is 9.70. The quantitative estimate of drug-likeness (QED) is 0.198. The zero-order valence-electron chi connectivity index (χ0n) is 30.1. The van der Waals surface area contributed by atoms with E-state index >= 15 is 0 Å². The summed E-state index contributed by atoms with van der Waals surface area (Å²) in [6.07, 6.45) is 7.73. The molecule has 5 heterocycles. The van der Waals surface area contributed by atoms with Crippen LogP contribution < -0.4 is 0 Å². The number of nitrogens with one attached hydrogen (secondary N) is 1. The van der Waals surface area contributed by atoms with Gasteiger partial charge in [-0.15, -0.1) is 0 Å². The van der Waals surface area contributed by atoms with E-state index in [2.05, 4.69) is 177 Å². The number of fused-ring (bicyclic) bond motifs is 17. The van der Waals surface area contributed by atoms with Crippen LogP contribution >= 0.6 is 0 Å². The Morgan fingerprint density at radius 3 is 1.82 bits per heavy atom. The van der Waals surface area contributed by atoms with Crippen molar-refractivity contribution in [3.8, 4) is 44.8 Å². The predicted molar refractivity (Wildman–Crippen MR) is 227 cm³/mol.